The van der Waals surface area contributed by atoms with Crippen molar-refractivity contribution in [2.24, 2.45) is 7.05 Å². The van der Waals surface area contributed by atoms with Crippen LogP contribution in [0.4, 0.5) is 5.69 Å². The molecule has 1 aliphatic rings. The van der Waals surface area contributed by atoms with E-state index in [-0.39, 0.29) is 0 Å². The van der Waals surface area contributed by atoms with Crippen LogP contribution in [0.15, 0.2) is 30.7 Å². The molecule has 0 radical (unpaired) electrons. The highest BCUT2D eigenvalue weighted by atomic mass is 35.5. The van der Waals surface area contributed by atoms with Crippen LogP contribution in [0.2, 0.25) is 5.02 Å². The Kier molecular flexibility index (Phi) is 3.47. The molecule has 3 rings (SSSR count). The average molecular weight is 276 g/mol. The standard InChI is InChI=1S/C15H18ClN3/c1-18-11-17-9-12(18)10-19-8-3-2-5-13-14(16)6-4-7-15(13)19/h4,6-7,9,11H,2-3,5,8,10H2,1H3. The zero-order valence-corrected chi connectivity index (χ0v) is 11.9. The molecule has 0 bridgehead atoms. The highest BCUT2D eigenvalue weighted by Gasteiger charge is 2.18. The third-order valence-corrected chi connectivity index (χ3v) is 4.16. The van der Waals surface area contributed by atoms with Gasteiger partial charge in [-0.15, -0.1) is 0 Å². The van der Waals surface area contributed by atoms with E-state index in [0.717, 1.165) is 24.5 Å². The molecule has 0 N–H and O–H groups in total. The molecule has 0 fully saturated rings. The van der Waals surface area contributed by atoms with Gasteiger partial charge in [-0.1, -0.05) is 17.7 Å². The minimum atomic E-state index is 0.893. The Morgan fingerprint density at radius 3 is 3.00 bits per heavy atom. The van der Waals surface area contributed by atoms with Crippen LogP contribution in [0, 0.1) is 0 Å². The van der Waals surface area contributed by atoms with Gasteiger partial charge in [0.05, 0.1) is 18.6 Å². The first-order chi connectivity index (χ1) is 9.25. The Morgan fingerprint density at radius 2 is 2.21 bits per heavy atom. The number of hydrogen-bond acceptors (Lipinski definition) is 2. The van der Waals surface area contributed by atoms with Gasteiger partial charge in [-0.25, -0.2) is 4.98 Å². The number of rotatable bonds is 2. The summed E-state index contributed by atoms with van der Waals surface area (Å²) in [6.45, 7) is 1.97. The van der Waals surface area contributed by atoms with Crippen molar-refractivity contribution in [3.63, 3.8) is 0 Å². The Balaban J connectivity index is 1.94. The van der Waals surface area contributed by atoms with E-state index in [1.807, 2.05) is 31.7 Å². The van der Waals surface area contributed by atoms with Crippen LogP contribution in [-0.4, -0.2) is 16.1 Å². The molecule has 0 spiro atoms. The van der Waals surface area contributed by atoms with Crippen molar-refractivity contribution in [1.29, 1.82) is 0 Å². The molecule has 0 aliphatic carbocycles. The van der Waals surface area contributed by atoms with Gasteiger partial charge in [-0.05, 0) is 37.0 Å². The van der Waals surface area contributed by atoms with Crippen molar-refractivity contribution in [2.75, 3.05) is 11.4 Å². The van der Waals surface area contributed by atoms with Crippen molar-refractivity contribution in [3.05, 3.63) is 47.0 Å². The fourth-order valence-electron chi connectivity index (χ4n) is 2.71. The number of nitrogens with zero attached hydrogens (tertiary/aromatic N) is 3. The molecule has 0 saturated heterocycles. The molecule has 0 atom stereocenters. The summed E-state index contributed by atoms with van der Waals surface area (Å²) in [6.07, 6.45) is 7.29. The Hall–Kier alpha value is -1.48. The maximum Gasteiger partial charge on any atom is 0.0946 e. The third-order valence-electron chi connectivity index (χ3n) is 3.81. The first-order valence-electron chi connectivity index (χ1n) is 6.73. The Morgan fingerprint density at radius 1 is 1.32 bits per heavy atom. The predicted octanol–water partition coefficient (Wildman–Crippen LogP) is 3.42. The number of anilines is 1. The van der Waals surface area contributed by atoms with Gasteiger partial charge < -0.3 is 9.47 Å². The maximum absolute atomic E-state index is 6.35. The van der Waals surface area contributed by atoms with Crippen LogP contribution < -0.4 is 4.90 Å². The summed E-state index contributed by atoms with van der Waals surface area (Å²) in [5.74, 6) is 0. The van der Waals surface area contributed by atoms with Crippen LogP contribution in [0.25, 0.3) is 0 Å². The number of hydrogen-bond donors (Lipinski definition) is 0. The SMILES string of the molecule is Cn1cncc1CN1CCCCc2c(Cl)cccc21. The van der Waals surface area contributed by atoms with E-state index in [9.17, 15) is 0 Å². The number of fused-ring (bicyclic) bond motifs is 1. The number of aryl methyl sites for hydroxylation is 1. The van der Waals surface area contributed by atoms with E-state index in [0.29, 0.717) is 0 Å². The number of aromatic nitrogens is 2. The minimum absolute atomic E-state index is 0.893. The van der Waals surface area contributed by atoms with E-state index >= 15 is 0 Å². The van der Waals surface area contributed by atoms with Crippen LogP contribution in [-0.2, 0) is 20.0 Å². The lowest BCUT2D eigenvalue weighted by Crippen LogP contribution is -2.24. The van der Waals surface area contributed by atoms with E-state index in [2.05, 4.69) is 20.5 Å². The van der Waals surface area contributed by atoms with Crippen molar-refractivity contribution in [3.8, 4) is 0 Å². The molecular formula is C15H18ClN3. The topological polar surface area (TPSA) is 21.1 Å². The van der Waals surface area contributed by atoms with Gasteiger partial charge in [0.15, 0.2) is 0 Å². The summed E-state index contributed by atoms with van der Waals surface area (Å²) in [4.78, 5) is 6.62. The Labute approximate surface area is 118 Å². The number of halogens is 1. The first-order valence-corrected chi connectivity index (χ1v) is 7.11. The lowest BCUT2D eigenvalue weighted by atomic mass is 10.1. The zero-order valence-electron chi connectivity index (χ0n) is 11.1. The second-order valence-electron chi connectivity index (χ2n) is 5.11. The highest BCUT2D eigenvalue weighted by molar-refractivity contribution is 6.31. The predicted molar refractivity (Wildman–Crippen MR) is 78.6 cm³/mol. The second kappa shape index (κ2) is 5.25. The molecule has 3 nitrogen and oxygen atoms in total. The van der Waals surface area contributed by atoms with Crippen LogP contribution in [0.1, 0.15) is 24.1 Å². The minimum Gasteiger partial charge on any atom is -0.365 e. The van der Waals surface area contributed by atoms with Crippen LogP contribution >= 0.6 is 11.6 Å². The van der Waals surface area contributed by atoms with Gasteiger partial charge >= 0.3 is 0 Å². The van der Waals surface area contributed by atoms with Gasteiger partial charge in [0.25, 0.3) is 0 Å². The zero-order chi connectivity index (χ0) is 13.2. The van der Waals surface area contributed by atoms with Gasteiger partial charge in [0.2, 0.25) is 0 Å². The second-order valence-corrected chi connectivity index (χ2v) is 5.52. The fraction of sp³-hybridized carbons (Fsp3) is 0.400. The van der Waals surface area contributed by atoms with Crippen LogP contribution in [0.5, 0.6) is 0 Å². The normalized spacial score (nSPS) is 15.2. The molecule has 19 heavy (non-hydrogen) atoms. The first kappa shape index (κ1) is 12.5. The number of imidazole rings is 1. The molecule has 2 heterocycles. The molecule has 4 heteroatoms. The summed E-state index contributed by atoms with van der Waals surface area (Å²) in [5, 5.41) is 0.898. The monoisotopic (exact) mass is 275 g/mol. The third kappa shape index (κ3) is 2.47. The molecule has 0 amide bonds. The lowest BCUT2D eigenvalue weighted by molar-refractivity contribution is 0.692. The summed E-state index contributed by atoms with van der Waals surface area (Å²) >= 11 is 6.35. The molecular weight excluding hydrogens is 258 g/mol. The molecule has 0 saturated carbocycles. The highest BCUT2D eigenvalue weighted by Crippen LogP contribution is 2.32. The Bertz CT molecular complexity index is 577. The van der Waals surface area contributed by atoms with Gasteiger partial charge in [-0.3, -0.25) is 0 Å². The summed E-state index contributed by atoms with van der Waals surface area (Å²) in [5.41, 5.74) is 3.81. The van der Waals surface area contributed by atoms with Crippen molar-refractivity contribution < 1.29 is 0 Å². The largest absolute Gasteiger partial charge is 0.365 e. The van der Waals surface area contributed by atoms with Crippen molar-refractivity contribution in [2.45, 2.75) is 25.8 Å². The van der Waals surface area contributed by atoms with E-state index < -0.39 is 0 Å². The molecule has 1 aromatic carbocycles. The van der Waals surface area contributed by atoms with Gasteiger partial charge in [0.1, 0.15) is 0 Å². The molecule has 0 unspecified atom stereocenters. The van der Waals surface area contributed by atoms with E-state index in [1.165, 1.54) is 29.8 Å². The fourth-order valence-corrected chi connectivity index (χ4v) is 2.98. The maximum atomic E-state index is 6.35. The number of benzene rings is 1. The van der Waals surface area contributed by atoms with Gasteiger partial charge in [0, 0.05) is 30.5 Å². The van der Waals surface area contributed by atoms with Crippen molar-refractivity contribution in [1.82, 2.24) is 9.55 Å². The lowest BCUT2D eigenvalue weighted by Gasteiger charge is -2.25. The summed E-state index contributed by atoms with van der Waals surface area (Å²) in [6, 6.07) is 6.22. The average Bonchev–Trinajstić information content (AvgIpc) is 2.69. The van der Waals surface area contributed by atoms with Gasteiger partial charge in [-0.2, -0.15) is 0 Å². The quantitative estimate of drug-likeness (QED) is 0.837. The smallest absolute Gasteiger partial charge is 0.0946 e. The summed E-state index contributed by atoms with van der Waals surface area (Å²) < 4.78 is 2.08. The van der Waals surface area contributed by atoms with Crippen molar-refractivity contribution >= 4 is 17.3 Å². The van der Waals surface area contributed by atoms with Crippen LogP contribution in [0.3, 0.4) is 0 Å². The molecule has 2 aromatic rings. The van der Waals surface area contributed by atoms with E-state index in [4.69, 9.17) is 11.6 Å². The molecule has 1 aliphatic heterocycles. The summed E-state index contributed by atoms with van der Waals surface area (Å²) in [7, 11) is 2.04. The molecule has 1 aromatic heterocycles. The molecule has 100 valence electrons. The van der Waals surface area contributed by atoms with E-state index in [1.54, 1.807) is 0 Å².